The van der Waals surface area contributed by atoms with Crippen LogP contribution in [0.5, 0.6) is 0 Å². The van der Waals surface area contributed by atoms with Gasteiger partial charge in [0.25, 0.3) is 0 Å². The van der Waals surface area contributed by atoms with E-state index in [1.54, 1.807) is 61.1 Å². The Morgan fingerprint density at radius 1 is 1.00 bits per heavy atom. The first-order valence-corrected chi connectivity index (χ1v) is 9.56. The largest absolute Gasteiger partial charge is 0.463 e. The number of carbonyl (C=O) groups is 1. The third kappa shape index (κ3) is 4.24. The SMILES string of the molecule is O=C(CSc1nnc(-c2ccco2)c(-c2ccco2)n1)Nc1cccc(Cl)c1. The number of carbonyl (C=O) groups excluding carboxylic acids is 1. The quantitative estimate of drug-likeness (QED) is 0.455. The number of nitrogens with zero attached hydrogens (tertiary/aromatic N) is 3. The zero-order valence-electron chi connectivity index (χ0n) is 14.3. The van der Waals surface area contributed by atoms with Crippen LogP contribution in [0, 0.1) is 0 Å². The topological polar surface area (TPSA) is 94.0 Å². The number of aromatic nitrogens is 3. The van der Waals surface area contributed by atoms with Gasteiger partial charge in [0, 0.05) is 10.7 Å². The van der Waals surface area contributed by atoms with Crippen molar-refractivity contribution in [3.63, 3.8) is 0 Å². The molecule has 4 rings (SSSR count). The minimum Gasteiger partial charge on any atom is -0.463 e. The molecule has 0 aliphatic rings. The van der Waals surface area contributed by atoms with Crippen molar-refractivity contribution >= 4 is 35.0 Å². The highest BCUT2D eigenvalue weighted by molar-refractivity contribution is 7.99. The van der Waals surface area contributed by atoms with E-state index in [1.165, 1.54) is 11.8 Å². The van der Waals surface area contributed by atoms with Crippen LogP contribution in [0.2, 0.25) is 5.02 Å². The number of anilines is 1. The Kier molecular flexibility index (Phi) is 5.41. The minimum atomic E-state index is -0.203. The van der Waals surface area contributed by atoms with Crippen molar-refractivity contribution in [2.75, 3.05) is 11.1 Å². The lowest BCUT2D eigenvalue weighted by Gasteiger charge is -2.06. The molecule has 0 radical (unpaired) electrons. The standard InChI is InChI=1S/C19H13ClN4O3S/c20-12-4-1-5-13(10-12)21-16(25)11-28-19-22-17(14-6-2-8-26-14)18(23-24-19)15-7-3-9-27-15/h1-10H,11H2,(H,21,25). The van der Waals surface area contributed by atoms with E-state index in [0.717, 1.165) is 0 Å². The molecule has 0 saturated heterocycles. The van der Waals surface area contributed by atoms with Gasteiger partial charge < -0.3 is 14.2 Å². The summed E-state index contributed by atoms with van der Waals surface area (Å²) < 4.78 is 10.9. The van der Waals surface area contributed by atoms with E-state index in [-0.39, 0.29) is 11.7 Å². The summed E-state index contributed by atoms with van der Waals surface area (Å²) in [7, 11) is 0. The molecule has 0 saturated carbocycles. The Labute approximate surface area is 169 Å². The van der Waals surface area contributed by atoms with Crippen LogP contribution in [0.25, 0.3) is 22.9 Å². The van der Waals surface area contributed by atoms with Crippen molar-refractivity contribution in [3.8, 4) is 22.9 Å². The zero-order chi connectivity index (χ0) is 19.3. The van der Waals surface area contributed by atoms with E-state index >= 15 is 0 Å². The number of furan rings is 2. The van der Waals surface area contributed by atoms with Crippen LogP contribution in [0.4, 0.5) is 5.69 Å². The maximum Gasteiger partial charge on any atom is 0.234 e. The number of amides is 1. The average molecular weight is 413 g/mol. The molecule has 0 bridgehead atoms. The van der Waals surface area contributed by atoms with E-state index < -0.39 is 0 Å². The van der Waals surface area contributed by atoms with E-state index in [0.29, 0.717) is 38.8 Å². The number of halogens is 1. The summed E-state index contributed by atoms with van der Waals surface area (Å²) in [4.78, 5) is 16.7. The van der Waals surface area contributed by atoms with Crippen LogP contribution < -0.4 is 5.32 Å². The van der Waals surface area contributed by atoms with Crippen LogP contribution in [0.15, 0.2) is 75.0 Å². The predicted molar refractivity (Wildman–Crippen MR) is 106 cm³/mol. The van der Waals surface area contributed by atoms with Crippen LogP contribution in [-0.4, -0.2) is 26.8 Å². The summed E-state index contributed by atoms with van der Waals surface area (Å²) in [5.41, 5.74) is 1.59. The Morgan fingerprint density at radius 3 is 2.43 bits per heavy atom. The average Bonchev–Trinajstić information content (AvgIpc) is 3.40. The maximum atomic E-state index is 12.2. The fourth-order valence-corrected chi connectivity index (χ4v) is 3.21. The van der Waals surface area contributed by atoms with E-state index in [9.17, 15) is 4.79 Å². The molecule has 0 aliphatic heterocycles. The molecular weight excluding hydrogens is 400 g/mol. The Balaban J connectivity index is 1.51. The fourth-order valence-electron chi connectivity index (χ4n) is 2.43. The van der Waals surface area contributed by atoms with Gasteiger partial charge >= 0.3 is 0 Å². The van der Waals surface area contributed by atoms with Gasteiger partial charge in [0.15, 0.2) is 17.2 Å². The Bertz CT molecular complexity index is 1080. The third-order valence-electron chi connectivity index (χ3n) is 3.62. The predicted octanol–water partition coefficient (Wildman–Crippen LogP) is 4.78. The summed E-state index contributed by atoms with van der Waals surface area (Å²) in [5, 5.41) is 12.0. The molecule has 4 aromatic rings. The van der Waals surface area contributed by atoms with Gasteiger partial charge in [0.2, 0.25) is 11.1 Å². The van der Waals surface area contributed by atoms with Crippen LogP contribution in [0.3, 0.4) is 0 Å². The molecule has 7 nitrogen and oxygen atoms in total. The van der Waals surface area contributed by atoms with Crippen LogP contribution in [-0.2, 0) is 4.79 Å². The molecule has 9 heteroatoms. The van der Waals surface area contributed by atoms with Gasteiger partial charge in [-0.25, -0.2) is 4.98 Å². The first-order valence-electron chi connectivity index (χ1n) is 8.20. The lowest BCUT2D eigenvalue weighted by molar-refractivity contribution is -0.113. The number of nitrogens with one attached hydrogen (secondary N) is 1. The smallest absolute Gasteiger partial charge is 0.234 e. The highest BCUT2D eigenvalue weighted by atomic mass is 35.5. The van der Waals surface area contributed by atoms with E-state index in [1.807, 2.05) is 0 Å². The van der Waals surface area contributed by atoms with Crippen LogP contribution in [0.1, 0.15) is 0 Å². The minimum absolute atomic E-state index is 0.117. The molecule has 1 amide bonds. The number of hydrogen-bond donors (Lipinski definition) is 1. The molecular formula is C19H13ClN4O3S. The van der Waals surface area contributed by atoms with Crippen molar-refractivity contribution in [2.45, 2.75) is 5.16 Å². The van der Waals surface area contributed by atoms with Gasteiger partial charge in [0.05, 0.1) is 18.3 Å². The van der Waals surface area contributed by atoms with Gasteiger partial charge in [-0.2, -0.15) is 0 Å². The van der Waals surface area contributed by atoms with Crippen LogP contribution >= 0.6 is 23.4 Å². The number of hydrogen-bond acceptors (Lipinski definition) is 7. The Morgan fingerprint density at radius 2 is 1.75 bits per heavy atom. The van der Waals surface area contributed by atoms with Gasteiger partial charge in [-0.3, -0.25) is 4.79 Å². The molecule has 3 heterocycles. The molecule has 0 fully saturated rings. The second kappa shape index (κ2) is 8.28. The second-order valence-corrected chi connectivity index (χ2v) is 6.97. The summed E-state index contributed by atoms with van der Waals surface area (Å²) >= 11 is 7.09. The molecule has 0 spiro atoms. The van der Waals surface area contributed by atoms with Gasteiger partial charge in [-0.1, -0.05) is 29.4 Å². The summed E-state index contributed by atoms with van der Waals surface area (Å²) in [6, 6.07) is 14.0. The van der Waals surface area contributed by atoms with Gasteiger partial charge in [0.1, 0.15) is 5.69 Å². The maximum absolute atomic E-state index is 12.2. The molecule has 0 atom stereocenters. The van der Waals surface area contributed by atoms with Crippen molar-refractivity contribution in [1.82, 2.24) is 15.2 Å². The molecule has 28 heavy (non-hydrogen) atoms. The highest BCUT2D eigenvalue weighted by Crippen LogP contribution is 2.30. The lowest BCUT2D eigenvalue weighted by Crippen LogP contribution is -2.14. The monoisotopic (exact) mass is 412 g/mol. The second-order valence-electron chi connectivity index (χ2n) is 5.59. The summed E-state index contributed by atoms with van der Waals surface area (Å²) in [6.07, 6.45) is 3.10. The van der Waals surface area contributed by atoms with E-state index in [4.69, 9.17) is 20.4 Å². The molecule has 0 aliphatic carbocycles. The fraction of sp³-hybridized carbons (Fsp3) is 0.0526. The lowest BCUT2D eigenvalue weighted by atomic mass is 10.2. The normalized spacial score (nSPS) is 10.8. The molecule has 1 aromatic carbocycles. The molecule has 1 N–H and O–H groups in total. The molecule has 140 valence electrons. The van der Waals surface area contributed by atoms with Crippen molar-refractivity contribution in [2.24, 2.45) is 0 Å². The number of rotatable bonds is 6. The Hall–Kier alpha value is -3.10. The first kappa shape index (κ1) is 18.3. The van der Waals surface area contributed by atoms with Crippen molar-refractivity contribution in [1.29, 1.82) is 0 Å². The zero-order valence-corrected chi connectivity index (χ0v) is 15.9. The van der Waals surface area contributed by atoms with Gasteiger partial charge in [-0.15, -0.1) is 10.2 Å². The number of benzene rings is 1. The first-order chi connectivity index (χ1) is 13.7. The van der Waals surface area contributed by atoms with E-state index in [2.05, 4.69) is 20.5 Å². The molecule has 0 unspecified atom stereocenters. The van der Waals surface area contributed by atoms with Gasteiger partial charge in [-0.05, 0) is 42.5 Å². The highest BCUT2D eigenvalue weighted by Gasteiger charge is 2.18. The van der Waals surface area contributed by atoms with Crippen molar-refractivity contribution < 1.29 is 13.6 Å². The summed E-state index contributed by atoms with van der Waals surface area (Å²) in [6.45, 7) is 0. The summed E-state index contributed by atoms with van der Waals surface area (Å²) in [5.74, 6) is 0.977. The third-order valence-corrected chi connectivity index (χ3v) is 4.69. The number of thioether (sulfide) groups is 1. The molecule has 3 aromatic heterocycles. The van der Waals surface area contributed by atoms with Crippen molar-refractivity contribution in [3.05, 3.63) is 66.1 Å².